The van der Waals surface area contributed by atoms with Crippen LogP contribution in [0.15, 0.2) is 16.2 Å². The molecule has 0 aliphatic rings. The fraction of sp³-hybridized carbons (Fsp3) is 0.417. The van der Waals surface area contributed by atoms with Crippen molar-refractivity contribution in [2.24, 2.45) is 0 Å². The van der Waals surface area contributed by atoms with Crippen LogP contribution in [0.5, 0.6) is 0 Å². The van der Waals surface area contributed by atoms with Crippen molar-refractivity contribution in [2.45, 2.75) is 19.9 Å². The Hall–Kier alpha value is -1.73. The van der Waals surface area contributed by atoms with Crippen molar-refractivity contribution >= 4 is 22.3 Å². The lowest BCUT2D eigenvalue weighted by Gasteiger charge is -2.14. The Balaban J connectivity index is 2.17. The Morgan fingerprint density at radius 1 is 1.58 bits per heavy atom. The minimum absolute atomic E-state index is 0.0792. The number of aryl methyl sites for hydroxylation is 1. The molecule has 102 valence electrons. The third-order valence-corrected chi connectivity index (χ3v) is 3.71. The van der Waals surface area contributed by atoms with Crippen LogP contribution in [0.25, 0.3) is 4.96 Å². The molecule has 6 nitrogen and oxygen atoms in total. The average molecular weight is 281 g/mol. The van der Waals surface area contributed by atoms with Crippen molar-refractivity contribution in [1.82, 2.24) is 14.3 Å². The number of aliphatic carboxylic acids is 1. The molecule has 0 amide bonds. The normalized spacial score (nSPS) is 11.3. The summed E-state index contributed by atoms with van der Waals surface area (Å²) in [5.41, 5.74) is 1.45. The third kappa shape index (κ3) is 3.18. The van der Waals surface area contributed by atoms with Gasteiger partial charge in [-0.3, -0.25) is 18.9 Å². The molecule has 0 bridgehead atoms. The zero-order valence-corrected chi connectivity index (χ0v) is 11.6. The number of thiazole rings is 1. The fourth-order valence-electron chi connectivity index (χ4n) is 1.82. The molecule has 2 aromatic rings. The number of fused-ring (bicyclic) bond motifs is 1. The Bertz CT molecular complexity index is 662. The molecule has 0 radical (unpaired) electrons. The highest BCUT2D eigenvalue weighted by Gasteiger charge is 2.09. The van der Waals surface area contributed by atoms with Gasteiger partial charge in [0.25, 0.3) is 5.56 Å². The van der Waals surface area contributed by atoms with E-state index in [1.165, 1.54) is 17.4 Å². The molecule has 0 aromatic carbocycles. The summed E-state index contributed by atoms with van der Waals surface area (Å²) in [7, 11) is 1.81. The van der Waals surface area contributed by atoms with E-state index >= 15 is 0 Å². The van der Waals surface area contributed by atoms with Crippen LogP contribution >= 0.6 is 11.3 Å². The number of carboxylic acid groups (broad SMARTS) is 1. The molecule has 0 saturated heterocycles. The van der Waals surface area contributed by atoms with E-state index in [0.717, 1.165) is 5.69 Å². The summed E-state index contributed by atoms with van der Waals surface area (Å²) in [6, 6.07) is 1.50. The smallest absolute Gasteiger partial charge is 0.304 e. The van der Waals surface area contributed by atoms with Gasteiger partial charge in [-0.25, -0.2) is 4.98 Å². The average Bonchev–Trinajstić information content (AvgIpc) is 2.68. The molecular formula is C12H15N3O3S. The number of nitrogens with zero attached hydrogens (tertiary/aromatic N) is 3. The van der Waals surface area contributed by atoms with Crippen LogP contribution in [0, 0.1) is 6.92 Å². The second-order valence-electron chi connectivity index (χ2n) is 4.46. The quantitative estimate of drug-likeness (QED) is 0.884. The van der Waals surface area contributed by atoms with Crippen molar-refractivity contribution in [1.29, 1.82) is 0 Å². The van der Waals surface area contributed by atoms with Crippen LogP contribution < -0.4 is 5.56 Å². The van der Waals surface area contributed by atoms with Gasteiger partial charge in [-0.2, -0.15) is 0 Å². The SMILES string of the molecule is Cc1csc2nc(CN(C)CCC(=O)O)cc(=O)n12. The molecule has 2 rings (SSSR count). The van der Waals surface area contributed by atoms with Crippen molar-refractivity contribution in [3.8, 4) is 0 Å². The molecule has 0 atom stereocenters. The van der Waals surface area contributed by atoms with E-state index in [-0.39, 0.29) is 12.0 Å². The lowest BCUT2D eigenvalue weighted by molar-refractivity contribution is -0.137. The standard InChI is InChI=1S/C12H15N3O3S/c1-8-7-19-12-13-9(5-10(16)15(8)12)6-14(2)4-3-11(17)18/h5,7H,3-4,6H2,1-2H3,(H,17,18). The summed E-state index contributed by atoms with van der Waals surface area (Å²) >= 11 is 1.43. The molecule has 2 aromatic heterocycles. The van der Waals surface area contributed by atoms with Gasteiger partial charge in [0.15, 0.2) is 4.96 Å². The number of rotatable bonds is 5. The van der Waals surface area contributed by atoms with E-state index in [4.69, 9.17) is 5.11 Å². The van der Waals surface area contributed by atoms with Crippen molar-refractivity contribution < 1.29 is 9.90 Å². The van der Waals surface area contributed by atoms with E-state index in [1.807, 2.05) is 24.3 Å². The van der Waals surface area contributed by atoms with E-state index in [1.54, 1.807) is 4.40 Å². The molecule has 0 fully saturated rings. The number of hydrogen-bond donors (Lipinski definition) is 1. The number of aromatic nitrogens is 2. The summed E-state index contributed by atoms with van der Waals surface area (Å²) in [6.07, 6.45) is 0.0792. The highest BCUT2D eigenvalue weighted by molar-refractivity contribution is 7.15. The van der Waals surface area contributed by atoms with Gasteiger partial charge < -0.3 is 5.11 Å². The summed E-state index contributed by atoms with van der Waals surface area (Å²) < 4.78 is 1.57. The molecule has 0 saturated carbocycles. The van der Waals surface area contributed by atoms with Crippen LogP contribution in [0.3, 0.4) is 0 Å². The first kappa shape index (κ1) is 13.7. The number of hydrogen-bond acceptors (Lipinski definition) is 5. The summed E-state index contributed by atoms with van der Waals surface area (Å²) in [4.78, 5) is 29.4. The number of carbonyl (C=O) groups is 1. The number of carboxylic acids is 1. The van der Waals surface area contributed by atoms with Crippen LogP contribution in [0.4, 0.5) is 0 Å². The van der Waals surface area contributed by atoms with E-state index in [0.29, 0.717) is 23.7 Å². The van der Waals surface area contributed by atoms with E-state index in [2.05, 4.69) is 4.98 Å². The van der Waals surface area contributed by atoms with Gasteiger partial charge >= 0.3 is 5.97 Å². The van der Waals surface area contributed by atoms with Gasteiger partial charge in [0.2, 0.25) is 0 Å². The predicted octanol–water partition coefficient (Wildman–Crippen LogP) is 0.971. The molecule has 19 heavy (non-hydrogen) atoms. The molecule has 0 aliphatic heterocycles. The molecule has 0 spiro atoms. The van der Waals surface area contributed by atoms with Crippen molar-refractivity contribution in [3.63, 3.8) is 0 Å². The first-order valence-corrected chi connectivity index (χ1v) is 6.72. The molecular weight excluding hydrogens is 266 g/mol. The maximum absolute atomic E-state index is 11.9. The second-order valence-corrected chi connectivity index (χ2v) is 5.30. The molecule has 0 unspecified atom stereocenters. The first-order chi connectivity index (χ1) is 8.97. The Morgan fingerprint density at radius 2 is 2.32 bits per heavy atom. The minimum atomic E-state index is -0.829. The van der Waals surface area contributed by atoms with E-state index in [9.17, 15) is 9.59 Å². The maximum Gasteiger partial charge on any atom is 0.304 e. The zero-order valence-electron chi connectivity index (χ0n) is 10.8. The van der Waals surface area contributed by atoms with Crippen LogP contribution in [0.2, 0.25) is 0 Å². The van der Waals surface area contributed by atoms with Crippen molar-refractivity contribution in [3.05, 3.63) is 33.2 Å². The maximum atomic E-state index is 11.9. The van der Waals surface area contributed by atoms with Gasteiger partial charge in [0.1, 0.15) is 0 Å². The Labute approximate surface area is 113 Å². The zero-order chi connectivity index (χ0) is 14.0. The molecule has 0 aliphatic carbocycles. The Morgan fingerprint density at radius 3 is 3.00 bits per heavy atom. The summed E-state index contributed by atoms with van der Waals surface area (Å²) in [6.45, 7) is 2.76. The van der Waals surface area contributed by atoms with Gasteiger partial charge in [-0.15, -0.1) is 11.3 Å². The topological polar surface area (TPSA) is 74.9 Å². The van der Waals surface area contributed by atoms with Gasteiger partial charge in [0, 0.05) is 30.2 Å². The van der Waals surface area contributed by atoms with Crippen LogP contribution in [-0.2, 0) is 11.3 Å². The lowest BCUT2D eigenvalue weighted by atomic mass is 10.3. The first-order valence-electron chi connectivity index (χ1n) is 5.84. The Kier molecular flexibility index (Phi) is 3.96. The highest BCUT2D eigenvalue weighted by Crippen LogP contribution is 2.12. The van der Waals surface area contributed by atoms with Gasteiger partial charge in [-0.1, -0.05) is 0 Å². The van der Waals surface area contributed by atoms with Crippen molar-refractivity contribution in [2.75, 3.05) is 13.6 Å². The second kappa shape index (κ2) is 5.50. The van der Waals surface area contributed by atoms with Gasteiger partial charge in [-0.05, 0) is 14.0 Å². The summed E-state index contributed by atoms with van der Waals surface area (Å²) in [5.74, 6) is -0.829. The molecule has 1 N–H and O–H groups in total. The van der Waals surface area contributed by atoms with E-state index < -0.39 is 5.97 Å². The molecule has 7 heteroatoms. The largest absolute Gasteiger partial charge is 0.481 e. The minimum Gasteiger partial charge on any atom is -0.481 e. The summed E-state index contributed by atoms with van der Waals surface area (Å²) in [5, 5.41) is 10.5. The highest BCUT2D eigenvalue weighted by atomic mass is 32.1. The fourth-order valence-corrected chi connectivity index (χ4v) is 2.71. The van der Waals surface area contributed by atoms with Gasteiger partial charge in [0.05, 0.1) is 12.1 Å². The lowest BCUT2D eigenvalue weighted by Crippen LogP contribution is -2.24. The third-order valence-electron chi connectivity index (χ3n) is 2.77. The predicted molar refractivity (Wildman–Crippen MR) is 72.7 cm³/mol. The van der Waals surface area contributed by atoms with Crippen LogP contribution in [0.1, 0.15) is 17.8 Å². The monoisotopic (exact) mass is 281 g/mol. The van der Waals surface area contributed by atoms with Crippen LogP contribution in [-0.4, -0.2) is 39.0 Å². The molecule has 2 heterocycles.